The molecular formula is C13H15BrO3. The van der Waals surface area contributed by atoms with Gasteiger partial charge in [0, 0.05) is 0 Å². The maximum atomic E-state index is 11.7. The highest BCUT2D eigenvalue weighted by molar-refractivity contribution is 9.10. The van der Waals surface area contributed by atoms with Crippen LogP contribution in [0.2, 0.25) is 0 Å². The third-order valence-electron chi connectivity index (χ3n) is 3.06. The Labute approximate surface area is 109 Å². The first-order valence-electron chi connectivity index (χ1n) is 5.68. The summed E-state index contributed by atoms with van der Waals surface area (Å²) in [5, 5.41) is 0. The first-order chi connectivity index (χ1) is 8.17. The number of carbonyl (C=O) groups is 1. The molecular weight excluding hydrogens is 284 g/mol. The second kappa shape index (κ2) is 5.08. The van der Waals surface area contributed by atoms with Gasteiger partial charge in [-0.15, -0.1) is 0 Å². The van der Waals surface area contributed by atoms with Gasteiger partial charge in [0.15, 0.2) is 0 Å². The number of halogens is 1. The van der Waals surface area contributed by atoms with Crippen molar-refractivity contribution in [3.8, 4) is 5.75 Å². The lowest BCUT2D eigenvalue weighted by Gasteiger charge is -2.08. The van der Waals surface area contributed by atoms with E-state index in [1.807, 2.05) is 19.1 Å². The van der Waals surface area contributed by atoms with Crippen LogP contribution >= 0.6 is 15.9 Å². The molecule has 3 nitrogen and oxygen atoms in total. The smallest absolute Gasteiger partial charge is 0.309 e. The highest BCUT2D eigenvalue weighted by Gasteiger charge is 2.30. The van der Waals surface area contributed by atoms with Gasteiger partial charge in [0.25, 0.3) is 0 Å². The molecule has 1 atom stereocenters. The van der Waals surface area contributed by atoms with Gasteiger partial charge in [-0.25, -0.2) is 0 Å². The van der Waals surface area contributed by atoms with E-state index in [1.165, 1.54) is 11.1 Å². The van der Waals surface area contributed by atoms with Gasteiger partial charge in [-0.3, -0.25) is 4.79 Å². The molecule has 0 amide bonds. The number of ether oxygens (including phenoxy) is 2. The van der Waals surface area contributed by atoms with Gasteiger partial charge < -0.3 is 9.47 Å². The average molecular weight is 299 g/mol. The molecule has 0 radical (unpaired) electrons. The van der Waals surface area contributed by atoms with Gasteiger partial charge in [-0.2, -0.15) is 0 Å². The topological polar surface area (TPSA) is 35.5 Å². The summed E-state index contributed by atoms with van der Waals surface area (Å²) in [5.74, 6) is 0.663. The Morgan fingerprint density at radius 1 is 1.47 bits per heavy atom. The molecule has 0 heterocycles. The molecule has 1 aromatic carbocycles. The summed E-state index contributed by atoms with van der Waals surface area (Å²) in [6.07, 6.45) is 1.49. The fourth-order valence-corrected chi connectivity index (χ4v) is 2.93. The highest BCUT2D eigenvalue weighted by Crippen LogP contribution is 2.38. The fourth-order valence-electron chi connectivity index (χ4n) is 2.22. The Morgan fingerprint density at radius 2 is 2.24 bits per heavy atom. The second-order valence-corrected chi connectivity index (χ2v) is 4.87. The molecule has 0 N–H and O–H groups in total. The number of esters is 1. The van der Waals surface area contributed by atoms with Crippen molar-refractivity contribution < 1.29 is 14.3 Å². The summed E-state index contributed by atoms with van der Waals surface area (Å²) in [5.41, 5.74) is 2.37. The normalized spacial score (nSPS) is 17.7. The molecule has 1 aromatic rings. The van der Waals surface area contributed by atoms with Crippen LogP contribution in [-0.2, 0) is 22.4 Å². The Morgan fingerprint density at radius 3 is 2.88 bits per heavy atom. The molecule has 0 aromatic heterocycles. The molecule has 0 bridgehead atoms. The summed E-state index contributed by atoms with van der Waals surface area (Å²) in [6, 6.07) is 3.95. The molecule has 4 heteroatoms. The monoisotopic (exact) mass is 298 g/mol. The van der Waals surface area contributed by atoms with Gasteiger partial charge in [-0.1, -0.05) is 6.07 Å². The Bertz CT molecular complexity index is 443. The van der Waals surface area contributed by atoms with Crippen LogP contribution in [0.1, 0.15) is 18.1 Å². The van der Waals surface area contributed by atoms with E-state index in [0.29, 0.717) is 6.61 Å². The van der Waals surface area contributed by atoms with E-state index in [0.717, 1.165) is 23.1 Å². The fraction of sp³-hybridized carbons (Fsp3) is 0.462. The molecule has 1 unspecified atom stereocenters. The molecule has 0 aliphatic heterocycles. The minimum atomic E-state index is -0.102. The lowest BCUT2D eigenvalue weighted by Crippen LogP contribution is -2.17. The maximum absolute atomic E-state index is 11.7. The van der Waals surface area contributed by atoms with E-state index < -0.39 is 0 Å². The summed E-state index contributed by atoms with van der Waals surface area (Å²) >= 11 is 3.53. The quantitative estimate of drug-likeness (QED) is 0.805. The number of hydrogen-bond donors (Lipinski definition) is 0. The van der Waals surface area contributed by atoms with Gasteiger partial charge in [0.1, 0.15) is 5.75 Å². The van der Waals surface area contributed by atoms with Crippen molar-refractivity contribution >= 4 is 21.9 Å². The Balaban J connectivity index is 2.22. The van der Waals surface area contributed by atoms with Crippen molar-refractivity contribution in [1.29, 1.82) is 0 Å². The summed E-state index contributed by atoms with van der Waals surface area (Å²) in [6.45, 7) is 2.27. The van der Waals surface area contributed by atoms with E-state index in [9.17, 15) is 4.79 Å². The van der Waals surface area contributed by atoms with Crippen LogP contribution in [0.5, 0.6) is 5.75 Å². The minimum absolute atomic E-state index is 0.0478. The second-order valence-electron chi connectivity index (χ2n) is 4.08. The zero-order valence-electron chi connectivity index (χ0n) is 9.96. The highest BCUT2D eigenvalue weighted by atomic mass is 79.9. The third kappa shape index (κ3) is 2.32. The van der Waals surface area contributed by atoms with E-state index >= 15 is 0 Å². The summed E-state index contributed by atoms with van der Waals surface area (Å²) < 4.78 is 11.3. The largest absolute Gasteiger partial charge is 0.496 e. The van der Waals surface area contributed by atoms with E-state index in [1.54, 1.807) is 7.11 Å². The number of fused-ring (bicyclic) bond motifs is 1. The number of rotatable bonds is 3. The van der Waals surface area contributed by atoms with Crippen molar-refractivity contribution in [2.75, 3.05) is 13.7 Å². The molecule has 2 rings (SSSR count). The SMILES string of the molecule is CCOC(=O)C1Cc2ccc(OC)c(Br)c2C1. The lowest BCUT2D eigenvalue weighted by molar-refractivity contribution is -0.147. The van der Waals surface area contributed by atoms with Crippen molar-refractivity contribution in [3.05, 3.63) is 27.7 Å². The first kappa shape index (κ1) is 12.4. The number of methoxy groups -OCH3 is 1. The predicted octanol–water partition coefficient (Wildman–Crippen LogP) is 2.74. The number of benzene rings is 1. The van der Waals surface area contributed by atoms with E-state index in [-0.39, 0.29) is 11.9 Å². The standard InChI is InChI=1S/C13H15BrO3/c1-3-17-13(15)9-6-8-4-5-11(16-2)12(14)10(8)7-9/h4-5,9H,3,6-7H2,1-2H3. The van der Waals surface area contributed by atoms with E-state index in [4.69, 9.17) is 9.47 Å². The average Bonchev–Trinajstić information content (AvgIpc) is 2.75. The summed E-state index contributed by atoms with van der Waals surface area (Å²) in [7, 11) is 1.64. The van der Waals surface area contributed by atoms with E-state index in [2.05, 4.69) is 15.9 Å². The molecule has 0 fully saturated rings. The Kier molecular flexibility index (Phi) is 3.72. The van der Waals surface area contributed by atoms with Crippen LogP contribution in [0.15, 0.2) is 16.6 Å². The van der Waals surface area contributed by atoms with Crippen LogP contribution in [0.4, 0.5) is 0 Å². The van der Waals surface area contributed by atoms with Gasteiger partial charge in [0.05, 0.1) is 24.1 Å². The minimum Gasteiger partial charge on any atom is -0.496 e. The predicted molar refractivity (Wildman–Crippen MR) is 68.2 cm³/mol. The zero-order chi connectivity index (χ0) is 12.4. The molecule has 1 aliphatic rings. The summed E-state index contributed by atoms with van der Waals surface area (Å²) in [4.78, 5) is 11.7. The van der Waals surface area contributed by atoms with Crippen LogP contribution in [0, 0.1) is 5.92 Å². The van der Waals surface area contributed by atoms with Crippen molar-refractivity contribution in [1.82, 2.24) is 0 Å². The first-order valence-corrected chi connectivity index (χ1v) is 6.47. The van der Waals surface area contributed by atoms with Crippen LogP contribution in [0.25, 0.3) is 0 Å². The molecule has 1 aliphatic carbocycles. The Hall–Kier alpha value is -1.03. The third-order valence-corrected chi connectivity index (χ3v) is 3.93. The molecule has 92 valence electrons. The van der Waals surface area contributed by atoms with Gasteiger partial charge >= 0.3 is 5.97 Å². The van der Waals surface area contributed by atoms with Gasteiger partial charge in [-0.05, 0) is 52.9 Å². The van der Waals surface area contributed by atoms with Crippen molar-refractivity contribution in [2.24, 2.45) is 5.92 Å². The van der Waals surface area contributed by atoms with Gasteiger partial charge in [0.2, 0.25) is 0 Å². The number of hydrogen-bond acceptors (Lipinski definition) is 3. The van der Waals surface area contributed by atoms with Crippen LogP contribution < -0.4 is 4.74 Å². The molecule has 0 spiro atoms. The van der Waals surface area contributed by atoms with Crippen LogP contribution in [0.3, 0.4) is 0 Å². The van der Waals surface area contributed by atoms with Crippen LogP contribution in [-0.4, -0.2) is 19.7 Å². The van der Waals surface area contributed by atoms with Crippen molar-refractivity contribution in [2.45, 2.75) is 19.8 Å². The molecule has 0 saturated heterocycles. The van der Waals surface area contributed by atoms with Crippen molar-refractivity contribution in [3.63, 3.8) is 0 Å². The number of carbonyl (C=O) groups excluding carboxylic acids is 1. The maximum Gasteiger partial charge on any atom is 0.309 e. The molecule has 0 saturated carbocycles. The molecule has 17 heavy (non-hydrogen) atoms. The lowest BCUT2D eigenvalue weighted by atomic mass is 10.1. The zero-order valence-corrected chi connectivity index (χ0v) is 11.5.